The standard InChI is InChI=1S/C28H32F3N5/c1-18(22-9-26(20-3-4-20)27(33-12-22)5-7-28(29,30)31)35-14-24-16-36(17-25(24)15-35)19(2)34-8-6-21-10-32-11-23(21)13-34/h9-10,12,20H,1-8,11,13-17H2. The van der Waals surface area contributed by atoms with E-state index in [1.54, 1.807) is 6.20 Å². The summed E-state index contributed by atoms with van der Waals surface area (Å²) in [7, 11) is 0. The van der Waals surface area contributed by atoms with Crippen LogP contribution in [0.15, 0.2) is 58.5 Å². The summed E-state index contributed by atoms with van der Waals surface area (Å²) in [4.78, 5) is 15.9. The molecule has 1 aliphatic carbocycles. The maximum absolute atomic E-state index is 12.8. The van der Waals surface area contributed by atoms with Crippen molar-refractivity contribution < 1.29 is 13.2 Å². The number of aromatic nitrogens is 1. The van der Waals surface area contributed by atoms with Crippen LogP contribution >= 0.6 is 0 Å². The molecule has 5 heterocycles. The lowest BCUT2D eigenvalue weighted by atomic mass is 10.0. The number of alkyl halides is 3. The Morgan fingerprint density at radius 1 is 0.972 bits per heavy atom. The van der Waals surface area contributed by atoms with Crippen molar-refractivity contribution in [1.29, 1.82) is 0 Å². The van der Waals surface area contributed by atoms with Crippen LogP contribution in [0, 0.1) is 0 Å². The van der Waals surface area contributed by atoms with Crippen molar-refractivity contribution in [3.63, 3.8) is 0 Å². The topological polar surface area (TPSA) is 35.0 Å². The normalized spacial score (nSPS) is 21.6. The van der Waals surface area contributed by atoms with Crippen LogP contribution < -0.4 is 0 Å². The van der Waals surface area contributed by atoms with Gasteiger partial charge in [-0.3, -0.25) is 9.98 Å². The second-order valence-corrected chi connectivity index (χ2v) is 10.7. The fraction of sp³-hybridized carbons (Fsp3) is 0.500. The minimum Gasteiger partial charge on any atom is -0.363 e. The molecule has 36 heavy (non-hydrogen) atoms. The second kappa shape index (κ2) is 8.82. The minimum atomic E-state index is -4.16. The summed E-state index contributed by atoms with van der Waals surface area (Å²) < 4.78 is 38.3. The van der Waals surface area contributed by atoms with Crippen LogP contribution in [0.2, 0.25) is 0 Å². The van der Waals surface area contributed by atoms with Gasteiger partial charge in [-0.15, -0.1) is 0 Å². The summed E-state index contributed by atoms with van der Waals surface area (Å²) in [5.41, 5.74) is 9.08. The van der Waals surface area contributed by atoms with Gasteiger partial charge >= 0.3 is 6.18 Å². The number of pyridine rings is 1. The fourth-order valence-electron chi connectivity index (χ4n) is 5.86. The highest BCUT2D eigenvalue weighted by Gasteiger charge is 2.35. The van der Waals surface area contributed by atoms with E-state index in [2.05, 4.69) is 37.8 Å². The highest BCUT2D eigenvalue weighted by atomic mass is 19.4. The SMILES string of the molecule is C=C(c1cnc(CCC(F)(F)F)c(C2CC2)c1)N1CC2=C(C1)CN(C(=C)N1CCC3=C(CN=C3)C1)C2. The maximum atomic E-state index is 12.8. The van der Waals surface area contributed by atoms with Gasteiger partial charge in [0.05, 0.1) is 12.4 Å². The molecule has 0 radical (unpaired) electrons. The molecule has 0 saturated heterocycles. The predicted octanol–water partition coefficient (Wildman–Crippen LogP) is 4.91. The van der Waals surface area contributed by atoms with Crippen LogP contribution in [0.4, 0.5) is 13.2 Å². The number of halogens is 3. The Kier molecular flexibility index (Phi) is 5.73. The van der Waals surface area contributed by atoms with Crippen molar-refractivity contribution in [1.82, 2.24) is 19.7 Å². The van der Waals surface area contributed by atoms with Gasteiger partial charge in [-0.25, -0.2) is 0 Å². The molecule has 190 valence electrons. The minimum absolute atomic E-state index is 0.0516. The first-order chi connectivity index (χ1) is 17.2. The summed E-state index contributed by atoms with van der Waals surface area (Å²) in [6.07, 6.45) is 1.80. The molecule has 0 atom stereocenters. The van der Waals surface area contributed by atoms with Gasteiger partial charge in [0.1, 0.15) is 0 Å². The summed E-state index contributed by atoms with van der Waals surface area (Å²) in [5, 5.41) is 0. The van der Waals surface area contributed by atoms with E-state index in [0.717, 1.165) is 87.7 Å². The zero-order valence-electron chi connectivity index (χ0n) is 20.6. The molecule has 1 saturated carbocycles. The lowest BCUT2D eigenvalue weighted by Gasteiger charge is -2.37. The first kappa shape index (κ1) is 23.4. The number of hydrogen-bond donors (Lipinski definition) is 0. The Balaban J connectivity index is 1.07. The van der Waals surface area contributed by atoms with Crippen LogP contribution in [-0.4, -0.2) is 77.9 Å². The lowest BCUT2D eigenvalue weighted by molar-refractivity contribution is -0.134. The van der Waals surface area contributed by atoms with E-state index in [1.807, 2.05) is 12.3 Å². The zero-order chi connectivity index (χ0) is 25.0. The summed E-state index contributed by atoms with van der Waals surface area (Å²) in [6, 6.07) is 2.04. The van der Waals surface area contributed by atoms with Gasteiger partial charge in [-0.2, -0.15) is 13.2 Å². The van der Waals surface area contributed by atoms with E-state index < -0.39 is 12.6 Å². The Morgan fingerprint density at radius 2 is 1.67 bits per heavy atom. The third kappa shape index (κ3) is 4.58. The van der Waals surface area contributed by atoms with Gasteiger partial charge in [0, 0.05) is 75.1 Å². The second-order valence-electron chi connectivity index (χ2n) is 10.7. The van der Waals surface area contributed by atoms with E-state index in [1.165, 1.54) is 22.3 Å². The van der Waals surface area contributed by atoms with Crippen LogP contribution in [0.25, 0.3) is 5.70 Å². The van der Waals surface area contributed by atoms with Crippen LogP contribution in [0.5, 0.6) is 0 Å². The highest BCUT2D eigenvalue weighted by Crippen LogP contribution is 2.43. The molecule has 4 aliphatic heterocycles. The highest BCUT2D eigenvalue weighted by molar-refractivity contribution is 5.83. The molecule has 0 N–H and O–H groups in total. The predicted molar refractivity (Wildman–Crippen MR) is 136 cm³/mol. The molecule has 1 aromatic rings. The van der Waals surface area contributed by atoms with Gasteiger partial charge in [-0.05, 0) is 65.5 Å². The van der Waals surface area contributed by atoms with Gasteiger partial charge in [-0.1, -0.05) is 13.2 Å². The Bertz CT molecular complexity index is 1190. The molecule has 0 unspecified atom stereocenters. The van der Waals surface area contributed by atoms with E-state index in [4.69, 9.17) is 0 Å². The smallest absolute Gasteiger partial charge is 0.363 e. The number of nitrogens with zero attached hydrogens (tertiary/aromatic N) is 5. The average Bonchev–Trinajstić information content (AvgIpc) is 3.26. The van der Waals surface area contributed by atoms with E-state index in [9.17, 15) is 13.2 Å². The lowest BCUT2D eigenvalue weighted by Crippen LogP contribution is -2.39. The Morgan fingerprint density at radius 3 is 2.36 bits per heavy atom. The molecule has 0 bridgehead atoms. The molecule has 0 spiro atoms. The molecule has 5 aliphatic rings. The maximum Gasteiger partial charge on any atom is 0.389 e. The van der Waals surface area contributed by atoms with Crippen molar-refractivity contribution in [3.05, 3.63) is 70.4 Å². The fourth-order valence-corrected chi connectivity index (χ4v) is 5.86. The summed E-state index contributed by atoms with van der Waals surface area (Å²) in [6.45, 7) is 14.9. The quantitative estimate of drug-likeness (QED) is 0.504. The third-order valence-electron chi connectivity index (χ3n) is 8.15. The average molecular weight is 496 g/mol. The number of aryl methyl sites for hydroxylation is 1. The van der Waals surface area contributed by atoms with Gasteiger partial charge in [0.15, 0.2) is 0 Å². The van der Waals surface area contributed by atoms with Crippen molar-refractivity contribution in [2.75, 3.05) is 45.8 Å². The Labute approximate surface area is 210 Å². The van der Waals surface area contributed by atoms with Crippen molar-refractivity contribution >= 4 is 11.9 Å². The Hall–Kier alpha value is -3.03. The molecule has 1 aromatic heterocycles. The molecule has 0 amide bonds. The van der Waals surface area contributed by atoms with Crippen LogP contribution in [-0.2, 0) is 6.42 Å². The van der Waals surface area contributed by atoms with Gasteiger partial charge in [0.2, 0.25) is 0 Å². The zero-order valence-corrected chi connectivity index (χ0v) is 20.6. The van der Waals surface area contributed by atoms with E-state index >= 15 is 0 Å². The summed E-state index contributed by atoms with van der Waals surface area (Å²) in [5.74, 6) is 1.44. The number of rotatable bonds is 7. The molecule has 1 fully saturated rings. The first-order valence-electron chi connectivity index (χ1n) is 12.8. The molecular formula is C28H32F3N5. The number of hydrogen-bond acceptors (Lipinski definition) is 5. The van der Waals surface area contributed by atoms with Crippen molar-refractivity contribution in [3.8, 4) is 0 Å². The molecular weight excluding hydrogens is 463 g/mol. The van der Waals surface area contributed by atoms with Crippen molar-refractivity contribution in [2.45, 2.75) is 44.2 Å². The monoisotopic (exact) mass is 495 g/mol. The number of aliphatic imine (C=N–C) groups is 1. The van der Waals surface area contributed by atoms with E-state index in [0.29, 0.717) is 11.6 Å². The van der Waals surface area contributed by atoms with Crippen LogP contribution in [0.3, 0.4) is 0 Å². The summed E-state index contributed by atoms with van der Waals surface area (Å²) >= 11 is 0. The molecule has 6 rings (SSSR count). The third-order valence-corrected chi connectivity index (χ3v) is 8.15. The van der Waals surface area contributed by atoms with Crippen LogP contribution in [0.1, 0.15) is 48.4 Å². The first-order valence-corrected chi connectivity index (χ1v) is 12.8. The molecule has 8 heteroatoms. The van der Waals surface area contributed by atoms with Crippen molar-refractivity contribution in [2.24, 2.45) is 4.99 Å². The molecule has 5 nitrogen and oxygen atoms in total. The van der Waals surface area contributed by atoms with E-state index in [-0.39, 0.29) is 6.42 Å². The van der Waals surface area contributed by atoms with Gasteiger partial charge in [0.25, 0.3) is 0 Å². The largest absolute Gasteiger partial charge is 0.389 e. The van der Waals surface area contributed by atoms with Gasteiger partial charge < -0.3 is 14.7 Å². The molecule has 0 aromatic carbocycles.